The van der Waals surface area contributed by atoms with E-state index in [2.05, 4.69) is 32.3 Å². The van der Waals surface area contributed by atoms with Crippen LogP contribution in [0.4, 0.5) is 5.69 Å². The van der Waals surface area contributed by atoms with Crippen molar-refractivity contribution < 1.29 is 14.3 Å². The van der Waals surface area contributed by atoms with Gasteiger partial charge in [-0.1, -0.05) is 6.07 Å². The number of aryl methyl sites for hydroxylation is 2. The molecule has 5 nitrogen and oxygen atoms in total. The summed E-state index contributed by atoms with van der Waals surface area (Å²) in [6, 6.07) is 9.81. The number of hydrogen-bond donors (Lipinski definition) is 1. The highest BCUT2D eigenvalue weighted by Gasteiger charge is 2.24. The number of halogens is 1. The number of nitrogens with one attached hydrogen (secondary N) is 1. The van der Waals surface area contributed by atoms with Gasteiger partial charge in [-0.25, -0.2) is 4.99 Å². The molecule has 7 heteroatoms. The number of aliphatic imine (C=N–C) groups is 1. The molecule has 1 aliphatic rings. The predicted octanol–water partition coefficient (Wildman–Crippen LogP) is 5.36. The lowest BCUT2D eigenvalue weighted by Gasteiger charge is -2.12. The van der Waals surface area contributed by atoms with Gasteiger partial charge in [0.2, 0.25) is 0 Å². The number of thioether (sulfide) groups is 1. The van der Waals surface area contributed by atoms with E-state index in [9.17, 15) is 4.79 Å². The highest BCUT2D eigenvalue weighted by atomic mass is 79.9. The minimum atomic E-state index is -0.169. The van der Waals surface area contributed by atoms with E-state index >= 15 is 0 Å². The molecule has 0 radical (unpaired) electrons. The van der Waals surface area contributed by atoms with Crippen LogP contribution in [0.15, 0.2) is 44.7 Å². The van der Waals surface area contributed by atoms with Crippen molar-refractivity contribution in [1.29, 1.82) is 0 Å². The van der Waals surface area contributed by atoms with Crippen LogP contribution in [0.5, 0.6) is 11.5 Å². The number of amides is 1. The highest BCUT2D eigenvalue weighted by Crippen LogP contribution is 2.38. The zero-order chi connectivity index (χ0) is 20.3. The molecular weight excluding hydrogens is 440 g/mol. The van der Waals surface area contributed by atoms with Gasteiger partial charge in [-0.2, -0.15) is 0 Å². The number of methoxy groups -OCH3 is 1. The van der Waals surface area contributed by atoms with Gasteiger partial charge < -0.3 is 14.8 Å². The number of carbonyl (C=O) groups is 1. The monoisotopic (exact) mass is 460 g/mol. The Bertz CT molecular complexity index is 966. The molecule has 2 aromatic rings. The maximum atomic E-state index is 12.4. The molecule has 0 aliphatic carbocycles. The first-order valence-corrected chi connectivity index (χ1v) is 10.4. The average Bonchev–Trinajstić information content (AvgIpc) is 2.95. The molecule has 0 aromatic heterocycles. The molecule has 1 fully saturated rings. The van der Waals surface area contributed by atoms with Crippen molar-refractivity contribution >= 4 is 50.5 Å². The van der Waals surface area contributed by atoms with Gasteiger partial charge in [-0.05, 0) is 95.5 Å². The van der Waals surface area contributed by atoms with Crippen LogP contribution >= 0.6 is 27.7 Å². The van der Waals surface area contributed by atoms with Crippen molar-refractivity contribution in [3.05, 3.63) is 56.4 Å². The van der Waals surface area contributed by atoms with E-state index in [0.29, 0.717) is 28.2 Å². The van der Waals surface area contributed by atoms with Crippen molar-refractivity contribution in [2.24, 2.45) is 4.99 Å². The fourth-order valence-electron chi connectivity index (χ4n) is 2.87. The van der Waals surface area contributed by atoms with Crippen molar-refractivity contribution in [2.75, 3.05) is 13.7 Å². The summed E-state index contributed by atoms with van der Waals surface area (Å²) in [7, 11) is 1.59. The third-order valence-electron chi connectivity index (χ3n) is 3.93. The fourth-order valence-corrected chi connectivity index (χ4v) is 4.29. The number of hydrogen-bond acceptors (Lipinski definition) is 5. The molecule has 2 aromatic carbocycles. The third-order valence-corrected chi connectivity index (χ3v) is 5.43. The number of carbonyl (C=O) groups excluding carboxylic acids is 1. The Morgan fingerprint density at radius 3 is 2.54 bits per heavy atom. The molecule has 1 N–H and O–H groups in total. The largest absolute Gasteiger partial charge is 0.493 e. The number of benzene rings is 2. The van der Waals surface area contributed by atoms with Gasteiger partial charge in [-0.3, -0.25) is 4.79 Å². The Kier molecular flexibility index (Phi) is 6.46. The lowest BCUT2D eigenvalue weighted by atomic mass is 10.1. The molecule has 3 rings (SSSR count). The molecule has 1 amide bonds. The van der Waals surface area contributed by atoms with Gasteiger partial charge in [0.05, 0.1) is 28.8 Å². The van der Waals surface area contributed by atoms with Gasteiger partial charge in [0.15, 0.2) is 16.7 Å². The Morgan fingerprint density at radius 1 is 1.18 bits per heavy atom. The summed E-state index contributed by atoms with van der Waals surface area (Å²) >= 11 is 4.83. The van der Waals surface area contributed by atoms with Crippen LogP contribution in [-0.4, -0.2) is 24.8 Å². The minimum Gasteiger partial charge on any atom is -0.493 e. The lowest BCUT2D eigenvalue weighted by molar-refractivity contribution is -0.115. The minimum absolute atomic E-state index is 0.169. The van der Waals surface area contributed by atoms with Gasteiger partial charge >= 0.3 is 0 Å². The quantitative estimate of drug-likeness (QED) is 0.609. The van der Waals surface area contributed by atoms with Gasteiger partial charge in [0.1, 0.15) is 0 Å². The third kappa shape index (κ3) is 4.77. The highest BCUT2D eigenvalue weighted by molar-refractivity contribution is 9.10. The summed E-state index contributed by atoms with van der Waals surface area (Å²) in [6.45, 7) is 6.50. The molecular formula is C21H21BrN2O3S. The molecule has 0 bridgehead atoms. The maximum absolute atomic E-state index is 12.4. The second kappa shape index (κ2) is 8.84. The molecule has 28 heavy (non-hydrogen) atoms. The molecule has 0 spiro atoms. The average molecular weight is 461 g/mol. The van der Waals surface area contributed by atoms with Gasteiger partial charge in [0.25, 0.3) is 5.91 Å². The number of ether oxygens (including phenoxy) is 2. The van der Waals surface area contributed by atoms with E-state index in [0.717, 1.165) is 26.9 Å². The normalized spacial score (nSPS) is 16.5. The van der Waals surface area contributed by atoms with Gasteiger partial charge in [-0.15, -0.1) is 0 Å². The van der Waals surface area contributed by atoms with Gasteiger partial charge in [0, 0.05) is 0 Å². The summed E-state index contributed by atoms with van der Waals surface area (Å²) in [6.07, 6.45) is 1.81. The van der Waals surface area contributed by atoms with Crippen LogP contribution < -0.4 is 14.8 Å². The van der Waals surface area contributed by atoms with Crippen LogP contribution in [0.1, 0.15) is 23.6 Å². The first-order chi connectivity index (χ1) is 13.4. The van der Waals surface area contributed by atoms with Crippen LogP contribution in [0, 0.1) is 13.8 Å². The molecule has 1 aliphatic heterocycles. The van der Waals surface area contributed by atoms with Crippen molar-refractivity contribution in [1.82, 2.24) is 5.32 Å². The Morgan fingerprint density at radius 2 is 1.89 bits per heavy atom. The van der Waals surface area contributed by atoms with Crippen LogP contribution in [0.25, 0.3) is 6.08 Å². The number of nitrogens with zero attached hydrogens (tertiary/aromatic N) is 1. The summed E-state index contributed by atoms with van der Waals surface area (Å²) in [5, 5.41) is 3.39. The fraction of sp³-hybridized carbons (Fsp3) is 0.238. The van der Waals surface area contributed by atoms with E-state index in [-0.39, 0.29) is 5.91 Å². The zero-order valence-electron chi connectivity index (χ0n) is 16.1. The smallest absolute Gasteiger partial charge is 0.264 e. The molecule has 0 unspecified atom stereocenters. The molecule has 0 saturated carbocycles. The second-order valence-electron chi connectivity index (χ2n) is 6.29. The summed E-state index contributed by atoms with van der Waals surface area (Å²) in [5.74, 6) is 1.08. The first kappa shape index (κ1) is 20.5. The lowest BCUT2D eigenvalue weighted by Crippen LogP contribution is -2.19. The second-order valence-corrected chi connectivity index (χ2v) is 8.18. The predicted molar refractivity (Wildman–Crippen MR) is 119 cm³/mol. The summed E-state index contributed by atoms with van der Waals surface area (Å²) < 4.78 is 11.8. The van der Waals surface area contributed by atoms with Crippen LogP contribution in [0.3, 0.4) is 0 Å². The molecule has 1 saturated heterocycles. The van der Waals surface area contributed by atoms with Crippen LogP contribution in [-0.2, 0) is 4.79 Å². The molecule has 1 heterocycles. The van der Waals surface area contributed by atoms with E-state index < -0.39 is 0 Å². The molecule has 0 atom stereocenters. The van der Waals surface area contributed by atoms with E-state index in [1.165, 1.54) is 11.8 Å². The zero-order valence-corrected chi connectivity index (χ0v) is 18.5. The standard InChI is InChI=1S/C21H21BrN2O3S/c1-5-27-19-16(22)9-14(10-17(19)26-4)11-18-20(25)24-21(28-18)23-15-7-12(2)6-13(3)8-15/h6-11H,5H2,1-4H3,(H,23,24,25). The van der Waals surface area contributed by atoms with Crippen molar-refractivity contribution in [3.63, 3.8) is 0 Å². The van der Waals surface area contributed by atoms with E-state index in [1.807, 2.05) is 51.1 Å². The SMILES string of the molecule is CCOc1c(Br)cc(C=C2SC(=Nc3cc(C)cc(C)c3)NC2=O)cc1OC. The van der Waals surface area contributed by atoms with E-state index in [1.54, 1.807) is 7.11 Å². The summed E-state index contributed by atoms with van der Waals surface area (Å²) in [4.78, 5) is 17.5. The van der Waals surface area contributed by atoms with Crippen LogP contribution in [0.2, 0.25) is 0 Å². The van der Waals surface area contributed by atoms with Crippen molar-refractivity contribution in [3.8, 4) is 11.5 Å². The van der Waals surface area contributed by atoms with E-state index in [4.69, 9.17) is 9.47 Å². The Labute approximate surface area is 177 Å². The topological polar surface area (TPSA) is 59.9 Å². The number of amidine groups is 1. The molecule has 146 valence electrons. The Hall–Kier alpha value is -2.25. The maximum Gasteiger partial charge on any atom is 0.264 e. The van der Waals surface area contributed by atoms with Crippen molar-refractivity contribution in [2.45, 2.75) is 20.8 Å². The Balaban J connectivity index is 1.88. The first-order valence-electron chi connectivity index (χ1n) is 8.77. The number of rotatable bonds is 5. The summed E-state index contributed by atoms with van der Waals surface area (Å²) in [5.41, 5.74) is 3.93.